The van der Waals surface area contributed by atoms with Crippen LogP contribution in [0.4, 0.5) is 21.8 Å². The lowest BCUT2D eigenvalue weighted by Gasteiger charge is -2.34. The van der Waals surface area contributed by atoms with Gasteiger partial charge in [0.25, 0.3) is 0 Å². The second-order valence-electron chi connectivity index (χ2n) is 7.62. The third-order valence-corrected chi connectivity index (χ3v) is 7.17. The van der Waals surface area contributed by atoms with Crippen LogP contribution in [0.2, 0.25) is 0 Å². The van der Waals surface area contributed by atoms with Crippen LogP contribution in [0.1, 0.15) is 12.6 Å². The highest BCUT2D eigenvalue weighted by molar-refractivity contribution is 7.89. The summed E-state index contributed by atoms with van der Waals surface area (Å²) in [7, 11) is -3.59. The minimum atomic E-state index is -3.59. The van der Waals surface area contributed by atoms with Gasteiger partial charge in [-0.1, -0.05) is 0 Å². The lowest BCUT2D eigenvalue weighted by atomic mass is 10.3. The minimum absolute atomic E-state index is 0.247. The first-order chi connectivity index (χ1) is 15.8. The van der Waals surface area contributed by atoms with Crippen molar-refractivity contribution < 1.29 is 17.5 Å². The molecule has 2 heterocycles. The van der Waals surface area contributed by atoms with Gasteiger partial charge in [0.1, 0.15) is 17.4 Å². The van der Waals surface area contributed by atoms with E-state index in [0.717, 1.165) is 5.69 Å². The molecule has 3 aromatic rings. The lowest BCUT2D eigenvalue weighted by Crippen LogP contribution is -2.49. The molecule has 0 bridgehead atoms. The normalized spacial score (nSPS) is 14.8. The maximum absolute atomic E-state index is 13.2. The molecule has 0 spiro atoms. The van der Waals surface area contributed by atoms with E-state index in [1.807, 2.05) is 18.7 Å². The summed E-state index contributed by atoms with van der Waals surface area (Å²) >= 11 is 0. The molecule has 0 atom stereocenters. The largest absolute Gasteiger partial charge is 0.494 e. The van der Waals surface area contributed by atoms with Crippen molar-refractivity contribution in [3.8, 4) is 5.75 Å². The zero-order valence-electron chi connectivity index (χ0n) is 18.5. The molecule has 0 unspecified atom stereocenters. The van der Waals surface area contributed by atoms with Gasteiger partial charge in [-0.2, -0.15) is 9.29 Å². The summed E-state index contributed by atoms with van der Waals surface area (Å²) in [6.45, 7) is 5.86. The fraction of sp³-hybridized carbons (Fsp3) is 0.304. The molecule has 1 aliphatic rings. The maximum Gasteiger partial charge on any atom is 0.243 e. The molecular formula is C23H26FN5O3S. The Balaban J connectivity index is 1.44. The number of ether oxygens (including phenoxy) is 1. The molecule has 174 valence electrons. The second kappa shape index (κ2) is 9.72. The Morgan fingerprint density at radius 2 is 1.67 bits per heavy atom. The predicted octanol–water partition coefficient (Wildman–Crippen LogP) is 3.58. The first-order valence-corrected chi connectivity index (χ1v) is 12.2. The summed E-state index contributed by atoms with van der Waals surface area (Å²) < 4.78 is 46.1. The van der Waals surface area contributed by atoms with E-state index in [4.69, 9.17) is 4.74 Å². The SMILES string of the molecule is CCOc1ccc(S(=O)(=O)N2CCN(c3nc(C)cc(Nc4ccc(F)cc4)n3)CC2)cc1. The number of nitrogens with zero attached hydrogens (tertiary/aromatic N) is 4. The van der Waals surface area contributed by atoms with Gasteiger partial charge >= 0.3 is 0 Å². The molecule has 0 saturated carbocycles. The Morgan fingerprint density at radius 1 is 1.00 bits per heavy atom. The summed E-state index contributed by atoms with van der Waals surface area (Å²) in [6, 6.07) is 14.3. The molecule has 1 saturated heterocycles. The lowest BCUT2D eigenvalue weighted by molar-refractivity contribution is 0.340. The van der Waals surface area contributed by atoms with Gasteiger partial charge in [-0.05, 0) is 62.4 Å². The van der Waals surface area contributed by atoms with E-state index in [9.17, 15) is 12.8 Å². The number of hydrogen-bond donors (Lipinski definition) is 1. The van der Waals surface area contributed by atoms with Gasteiger partial charge in [0, 0.05) is 43.6 Å². The number of hydrogen-bond acceptors (Lipinski definition) is 7. The average molecular weight is 472 g/mol. The molecule has 1 fully saturated rings. The van der Waals surface area contributed by atoms with Crippen molar-refractivity contribution in [3.05, 3.63) is 66.1 Å². The zero-order chi connectivity index (χ0) is 23.4. The number of sulfonamides is 1. The number of aromatic nitrogens is 2. The van der Waals surface area contributed by atoms with Crippen molar-refractivity contribution in [2.75, 3.05) is 43.0 Å². The van der Waals surface area contributed by atoms with Gasteiger partial charge in [0.05, 0.1) is 11.5 Å². The van der Waals surface area contributed by atoms with Crippen molar-refractivity contribution in [1.82, 2.24) is 14.3 Å². The van der Waals surface area contributed by atoms with E-state index >= 15 is 0 Å². The van der Waals surface area contributed by atoms with Crippen LogP contribution in [0.3, 0.4) is 0 Å². The highest BCUT2D eigenvalue weighted by Crippen LogP contribution is 2.23. The molecule has 33 heavy (non-hydrogen) atoms. The van der Waals surface area contributed by atoms with Crippen LogP contribution in [-0.4, -0.2) is 55.5 Å². The molecule has 10 heteroatoms. The van der Waals surface area contributed by atoms with E-state index in [1.54, 1.807) is 42.5 Å². The minimum Gasteiger partial charge on any atom is -0.494 e. The Bertz CT molecular complexity index is 1200. The molecule has 1 N–H and O–H groups in total. The fourth-order valence-corrected chi connectivity index (χ4v) is 5.01. The molecule has 0 amide bonds. The number of benzene rings is 2. The van der Waals surface area contributed by atoms with Crippen LogP contribution in [0, 0.1) is 12.7 Å². The summed E-state index contributed by atoms with van der Waals surface area (Å²) in [4.78, 5) is 11.3. The van der Waals surface area contributed by atoms with Crippen LogP contribution in [-0.2, 0) is 10.0 Å². The molecule has 0 aliphatic carbocycles. The van der Waals surface area contributed by atoms with Crippen molar-refractivity contribution in [2.24, 2.45) is 0 Å². The zero-order valence-corrected chi connectivity index (χ0v) is 19.3. The van der Waals surface area contributed by atoms with Gasteiger partial charge in [-0.25, -0.2) is 17.8 Å². The molecule has 4 rings (SSSR count). The molecule has 1 aliphatic heterocycles. The van der Waals surface area contributed by atoms with Crippen LogP contribution in [0.25, 0.3) is 0 Å². The fourth-order valence-electron chi connectivity index (χ4n) is 3.59. The number of piperazine rings is 1. The van der Waals surface area contributed by atoms with E-state index in [0.29, 0.717) is 56.0 Å². The first-order valence-electron chi connectivity index (χ1n) is 10.7. The second-order valence-corrected chi connectivity index (χ2v) is 9.56. The monoisotopic (exact) mass is 471 g/mol. The van der Waals surface area contributed by atoms with Gasteiger partial charge < -0.3 is 15.0 Å². The standard InChI is InChI=1S/C23H26FN5O3S/c1-3-32-20-8-10-21(11-9-20)33(30,31)29-14-12-28(13-15-29)23-25-17(2)16-22(27-23)26-19-6-4-18(24)5-7-19/h4-11,16H,3,12-15H2,1-2H3,(H,25,26,27). The maximum atomic E-state index is 13.2. The van der Waals surface area contributed by atoms with Crippen LogP contribution in [0.15, 0.2) is 59.5 Å². The first kappa shape index (κ1) is 22.9. The van der Waals surface area contributed by atoms with Gasteiger partial charge in [0.15, 0.2) is 0 Å². The van der Waals surface area contributed by atoms with Crippen molar-refractivity contribution >= 4 is 27.5 Å². The van der Waals surface area contributed by atoms with Gasteiger partial charge in [0.2, 0.25) is 16.0 Å². The van der Waals surface area contributed by atoms with Crippen molar-refractivity contribution in [3.63, 3.8) is 0 Å². The summed E-state index contributed by atoms with van der Waals surface area (Å²) in [5.74, 6) is 1.45. The third-order valence-electron chi connectivity index (χ3n) is 5.25. The highest BCUT2D eigenvalue weighted by Gasteiger charge is 2.29. The van der Waals surface area contributed by atoms with Crippen LogP contribution >= 0.6 is 0 Å². The molecule has 1 aromatic heterocycles. The highest BCUT2D eigenvalue weighted by atomic mass is 32.2. The molecule has 8 nitrogen and oxygen atoms in total. The Labute approximate surface area is 193 Å². The quantitative estimate of drug-likeness (QED) is 0.564. The van der Waals surface area contributed by atoms with E-state index in [1.165, 1.54) is 16.4 Å². The average Bonchev–Trinajstić information content (AvgIpc) is 2.81. The smallest absolute Gasteiger partial charge is 0.243 e. The number of rotatable bonds is 7. The summed E-state index contributed by atoms with van der Waals surface area (Å²) in [5, 5.41) is 3.16. The Kier molecular flexibility index (Phi) is 6.75. The Morgan fingerprint density at radius 3 is 2.30 bits per heavy atom. The number of anilines is 3. The molecular weight excluding hydrogens is 445 g/mol. The summed E-state index contributed by atoms with van der Waals surface area (Å²) in [6.07, 6.45) is 0. The van der Waals surface area contributed by atoms with Gasteiger partial charge in [-0.15, -0.1) is 0 Å². The molecule has 0 radical (unpaired) electrons. The predicted molar refractivity (Wildman–Crippen MR) is 125 cm³/mol. The van der Waals surface area contributed by atoms with Crippen molar-refractivity contribution in [1.29, 1.82) is 0 Å². The van der Waals surface area contributed by atoms with E-state index in [-0.39, 0.29) is 10.7 Å². The van der Waals surface area contributed by atoms with E-state index < -0.39 is 10.0 Å². The van der Waals surface area contributed by atoms with Crippen LogP contribution in [0.5, 0.6) is 5.75 Å². The molecule has 2 aromatic carbocycles. The van der Waals surface area contributed by atoms with E-state index in [2.05, 4.69) is 15.3 Å². The Hall–Kier alpha value is -3.24. The van der Waals surface area contributed by atoms with Crippen molar-refractivity contribution in [2.45, 2.75) is 18.7 Å². The van der Waals surface area contributed by atoms with Crippen LogP contribution < -0.4 is 15.0 Å². The van der Waals surface area contributed by atoms with Gasteiger partial charge in [-0.3, -0.25) is 0 Å². The number of aryl methyl sites for hydroxylation is 1. The number of nitrogens with one attached hydrogen (secondary N) is 1. The topological polar surface area (TPSA) is 87.7 Å². The number of halogens is 1. The summed E-state index contributed by atoms with van der Waals surface area (Å²) in [5.41, 5.74) is 1.49. The third kappa shape index (κ3) is 5.40.